The van der Waals surface area contributed by atoms with Crippen molar-refractivity contribution in [1.82, 2.24) is 51.7 Å². The van der Waals surface area contributed by atoms with Crippen LogP contribution in [0.2, 0.25) is 0 Å². The predicted molar refractivity (Wildman–Crippen MR) is 464 cm³/mol. The van der Waals surface area contributed by atoms with Gasteiger partial charge in [-0.05, 0) is 85.2 Å². The maximum atomic E-state index is 13.8. The van der Waals surface area contributed by atoms with E-state index in [2.05, 4.69) is 64.2 Å². The molecule has 4 aromatic carbocycles. The minimum absolute atomic E-state index is 0.0117. The number of aliphatic hydroxyl groups excluding tert-OH is 2. The molecule has 0 saturated carbocycles. The van der Waals surface area contributed by atoms with Gasteiger partial charge < -0.3 is 127 Å². The van der Waals surface area contributed by atoms with Gasteiger partial charge in [-0.1, -0.05) is 56.8 Å². The van der Waals surface area contributed by atoms with Crippen LogP contribution in [0.25, 0.3) is 17.2 Å². The van der Waals surface area contributed by atoms with E-state index in [1.807, 2.05) is 43.0 Å². The molecule has 131 heavy (non-hydrogen) atoms. The number of fused-ring (bicyclic) bond motifs is 1. The summed E-state index contributed by atoms with van der Waals surface area (Å²) in [5.74, 6) is -14.6. The lowest BCUT2D eigenvalue weighted by atomic mass is 9.95. The van der Waals surface area contributed by atoms with Crippen LogP contribution >= 0.6 is 0 Å². The number of alkyl carbamates (subject to hydrolysis) is 1. The van der Waals surface area contributed by atoms with E-state index in [-0.39, 0.29) is 219 Å². The Kier molecular flexibility index (Phi) is 46.6. The number of sulfonamides is 1. The van der Waals surface area contributed by atoms with Crippen LogP contribution in [0.5, 0.6) is 5.75 Å². The Morgan fingerprint density at radius 2 is 1.24 bits per heavy atom. The van der Waals surface area contributed by atoms with E-state index in [0.29, 0.717) is 46.7 Å². The van der Waals surface area contributed by atoms with E-state index in [1.54, 1.807) is 42.5 Å². The molecule has 0 bridgehead atoms. The molecular formula is C86H118F4N14O26S. The summed E-state index contributed by atoms with van der Waals surface area (Å²) in [6, 6.07) is 14.0. The average Bonchev–Trinajstić information content (AvgIpc) is 1.77. The van der Waals surface area contributed by atoms with Crippen LogP contribution in [0.4, 0.5) is 38.5 Å². The quantitative estimate of drug-likeness (QED) is 0.00751. The average molecular weight is 1870 g/mol. The summed E-state index contributed by atoms with van der Waals surface area (Å²) in [7, 11) is -3.92. The smallest absolute Gasteiger partial charge is 0.407 e. The second-order valence-corrected chi connectivity index (χ2v) is 32.1. The number of hydrogen-bond acceptors (Lipinski definition) is 28. The standard InChI is InChI=1S/C86H118F4N14O26S/c1-5-23-103(24-6-2)84(115)61-41-60-15-14-59(43-67(60)100-72(91)44-61)58-9-7-10-63(42-58)131(118,119)104-50-57(51-104)47-97-86(117)128-53-56-12-16-62(17-13-56)99-82(113)66(11-8-21-94-85(92)116)101-75(110)49-95-73(108)18-25-120-29-32-123-28-22-93-83(114)79(54(3)81(112)96-48-70-68(98-55(4)106)46-69(107)71(52-105)129-70)102-74(109)19-26-121-30-33-124-35-37-126-39-40-127-38-36-125-34-31-122-27-20-76(111)130-80-77(89)64(87)45-65(88)78(80)90/h7,9-10,12-17,41-43,45,57,66,68-71,79,105,107H,3,5-6,8,11,18-40,44,46-53H2,1-2,4H3,(H2,91,100)(H,93,114)(H,95,108)(H,96,112)(H,97,117)(H,98,106)(H,99,113)(H,101,110)(H,102,109)(H3,92,94,116)/t66-,68+,69-,70-,71+,79?/m0/s1. The van der Waals surface area contributed by atoms with Gasteiger partial charge in [0.2, 0.25) is 74.7 Å². The lowest BCUT2D eigenvalue weighted by Crippen LogP contribution is -2.58. The van der Waals surface area contributed by atoms with E-state index in [1.165, 1.54) is 17.3 Å². The first-order valence-corrected chi connectivity index (χ1v) is 44.2. The summed E-state index contributed by atoms with van der Waals surface area (Å²) in [5.41, 5.74) is 15.2. The molecule has 6 atom stereocenters. The van der Waals surface area contributed by atoms with Crippen molar-refractivity contribution < 1.29 is 141 Å². The molecule has 0 aromatic heterocycles. The Labute approximate surface area is 755 Å². The maximum Gasteiger partial charge on any atom is 0.407 e. The number of ether oxygens (including phenoxy) is 11. The number of anilines is 1. The van der Waals surface area contributed by atoms with Gasteiger partial charge in [0.05, 0.1) is 154 Å². The molecule has 45 heteroatoms. The number of nitrogens with zero attached hydrogens (tertiary/aromatic N) is 3. The second-order valence-electron chi connectivity index (χ2n) is 30.2. The molecule has 722 valence electrons. The third-order valence-electron chi connectivity index (χ3n) is 19.9. The van der Waals surface area contributed by atoms with E-state index >= 15 is 0 Å². The third kappa shape index (κ3) is 37.5. The van der Waals surface area contributed by atoms with Crippen LogP contribution < -0.4 is 64.1 Å². The van der Waals surface area contributed by atoms with Crippen molar-refractivity contribution in [3.8, 4) is 16.9 Å². The highest BCUT2D eigenvalue weighted by Gasteiger charge is 2.40. The Morgan fingerprint density at radius 3 is 1.84 bits per heavy atom. The monoisotopic (exact) mass is 1870 g/mol. The number of nitrogens with two attached hydrogens (primary N) is 2. The number of nitrogens with one attached hydrogen (secondary N) is 9. The normalized spacial score (nSPS) is 16.0. The number of esters is 1. The number of amides is 11. The fraction of sp³-hybridized carbons (Fsp3) is 0.535. The second kappa shape index (κ2) is 57.2. The first-order chi connectivity index (χ1) is 62.9. The molecule has 0 aliphatic carbocycles. The van der Waals surface area contributed by atoms with Crippen LogP contribution in [-0.2, 0) is 107 Å². The van der Waals surface area contributed by atoms with Gasteiger partial charge in [-0.15, -0.1) is 0 Å². The fourth-order valence-corrected chi connectivity index (χ4v) is 14.8. The van der Waals surface area contributed by atoms with Crippen LogP contribution in [-0.4, -0.2) is 307 Å². The SMILES string of the molecule is C=C(C(=O)NC[C@@H]1O[C@H](CO)[C@@H](O)C[C@H]1NC(C)=O)C(NC(=O)CCOCCOCCOCCOCCOCCOCCC(=O)Oc1c(F)c(F)cc(F)c1F)C(=O)NCCOCCOCCC(=O)NCC(=O)N[C@@H](CCCNC(N)=O)C(=O)Nc1ccc(COC(=O)NCC2CN(S(=O)(=O)c3cccc(-c4ccc5c(c4)N=C(N)CC(C(=O)N(CCC)CCC)=C5)c3)C2)cc1. The number of carbonyl (C=O) groups is 11. The molecule has 2 saturated heterocycles. The fourth-order valence-electron chi connectivity index (χ4n) is 13.1. The zero-order valence-electron chi connectivity index (χ0n) is 73.3. The third-order valence-corrected chi connectivity index (χ3v) is 21.7. The van der Waals surface area contributed by atoms with Gasteiger partial charge in [0.1, 0.15) is 30.6 Å². The molecule has 11 amide bonds. The highest BCUT2D eigenvalue weighted by molar-refractivity contribution is 7.89. The molecule has 4 aromatic rings. The minimum Gasteiger partial charge on any atom is -0.445 e. The topological polar surface area (TPSA) is 543 Å². The number of carbonyl (C=O) groups excluding carboxylic acids is 11. The van der Waals surface area contributed by atoms with Crippen LogP contribution in [0.1, 0.15) is 89.7 Å². The molecule has 3 aliphatic heterocycles. The number of benzene rings is 4. The van der Waals surface area contributed by atoms with Crippen LogP contribution in [0.3, 0.4) is 0 Å². The lowest BCUT2D eigenvalue weighted by molar-refractivity contribution is -0.151. The molecule has 0 spiro atoms. The van der Waals surface area contributed by atoms with Crippen molar-refractivity contribution in [2.24, 2.45) is 22.4 Å². The molecule has 7 rings (SSSR count). The van der Waals surface area contributed by atoms with Crippen LogP contribution in [0.15, 0.2) is 100 Å². The van der Waals surface area contributed by atoms with Gasteiger partial charge in [0.25, 0.3) is 0 Å². The van der Waals surface area contributed by atoms with E-state index in [0.717, 1.165) is 18.4 Å². The van der Waals surface area contributed by atoms with Crippen molar-refractivity contribution in [2.75, 3.05) is 177 Å². The number of urea groups is 1. The van der Waals surface area contributed by atoms with Crippen molar-refractivity contribution in [3.05, 3.63) is 125 Å². The molecule has 2 fully saturated rings. The highest BCUT2D eigenvalue weighted by atomic mass is 32.2. The number of halogens is 4. The van der Waals surface area contributed by atoms with E-state index in [9.17, 15) is 88.9 Å². The number of aliphatic imine (C=N–C) groups is 1. The molecule has 0 radical (unpaired) electrons. The van der Waals surface area contributed by atoms with Gasteiger partial charge in [-0.25, -0.2) is 31.8 Å². The van der Waals surface area contributed by atoms with Gasteiger partial charge in [-0.3, -0.25) is 43.2 Å². The molecular weight excluding hydrogens is 1750 g/mol. The number of amidine groups is 1. The van der Waals surface area contributed by atoms with Gasteiger partial charge in [-0.2, -0.15) is 13.1 Å². The number of primary amides is 1. The zero-order chi connectivity index (χ0) is 95.2. The molecule has 3 aliphatic rings. The number of aliphatic hydroxyl groups is 2. The number of hydrogen-bond donors (Lipinski definition) is 13. The predicted octanol–water partition coefficient (Wildman–Crippen LogP) is 2.07. The van der Waals surface area contributed by atoms with Crippen molar-refractivity contribution in [1.29, 1.82) is 0 Å². The summed E-state index contributed by atoms with van der Waals surface area (Å²) < 4.78 is 142. The minimum atomic E-state index is -3.92. The summed E-state index contributed by atoms with van der Waals surface area (Å²) in [6.07, 6.45) is -0.876. The van der Waals surface area contributed by atoms with Gasteiger partial charge in [0, 0.05) is 113 Å². The summed E-state index contributed by atoms with van der Waals surface area (Å²) in [6.45, 7) is 10.2. The van der Waals surface area contributed by atoms with Crippen molar-refractivity contribution in [3.63, 3.8) is 0 Å². The largest absolute Gasteiger partial charge is 0.445 e. The summed E-state index contributed by atoms with van der Waals surface area (Å²) in [4.78, 5) is 148. The van der Waals surface area contributed by atoms with Crippen molar-refractivity contribution in [2.45, 2.75) is 126 Å². The zero-order valence-corrected chi connectivity index (χ0v) is 74.1. The highest BCUT2D eigenvalue weighted by Crippen LogP contribution is 2.35. The molecule has 15 N–H and O–H groups in total. The molecule has 1 unspecified atom stereocenters. The Bertz CT molecular complexity index is 4620. The van der Waals surface area contributed by atoms with Gasteiger partial charge >= 0.3 is 18.1 Å². The van der Waals surface area contributed by atoms with Crippen molar-refractivity contribution >= 4 is 98.7 Å². The van der Waals surface area contributed by atoms with E-state index < -0.39 is 160 Å². The Hall–Kier alpha value is -11.2. The van der Waals surface area contributed by atoms with Crippen LogP contribution in [0, 0.1) is 29.2 Å². The summed E-state index contributed by atoms with van der Waals surface area (Å²) >= 11 is 0. The maximum absolute atomic E-state index is 13.8. The Balaban J connectivity index is 0.745. The van der Waals surface area contributed by atoms with Gasteiger partial charge in [0.15, 0.2) is 11.6 Å². The van der Waals surface area contributed by atoms with E-state index in [4.69, 9.17) is 58.8 Å². The molecule has 3 heterocycles. The lowest BCUT2D eigenvalue weighted by Gasteiger charge is -2.39. The molecule has 40 nitrogen and oxygen atoms in total. The Morgan fingerprint density at radius 1 is 0.656 bits per heavy atom. The summed E-state index contributed by atoms with van der Waals surface area (Å²) in [5, 5.41) is 43.4. The first-order valence-electron chi connectivity index (χ1n) is 42.8. The number of rotatable bonds is 60. The first kappa shape index (κ1) is 107.